The van der Waals surface area contributed by atoms with Crippen LogP contribution in [0.15, 0.2) is 12.2 Å². The predicted octanol–water partition coefficient (Wildman–Crippen LogP) is -0.111. The Kier molecular flexibility index (Phi) is 4.91. The Labute approximate surface area is 111 Å². The Morgan fingerprint density at radius 1 is 1.58 bits per heavy atom. The lowest BCUT2D eigenvalue weighted by atomic mass is 10.1. The first kappa shape index (κ1) is 15.0. The fourth-order valence-corrected chi connectivity index (χ4v) is 2.00. The van der Waals surface area contributed by atoms with Crippen LogP contribution in [0.1, 0.15) is 13.3 Å². The number of nitrogens with zero attached hydrogens (tertiary/aromatic N) is 2. The molecular formula is C12H19N3O4. The Balaban J connectivity index is 2.81. The molecule has 1 atom stereocenters. The zero-order chi connectivity index (χ0) is 14.6. The van der Waals surface area contributed by atoms with Crippen molar-refractivity contribution in [2.45, 2.75) is 19.4 Å². The number of nitrogens with one attached hydrogen (secondary N) is 1. The first-order valence-corrected chi connectivity index (χ1v) is 5.98. The van der Waals surface area contributed by atoms with Crippen LogP contribution in [-0.4, -0.2) is 65.5 Å². The maximum Gasteiger partial charge on any atom is 0.320 e. The van der Waals surface area contributed by atoms with Gasteiger partial charge < -0.3 is 20.2 Å². The molecule has 3 amide bonds. The normalized spacial score (nSPS) is 18.7. The molecule has 1 unspecified atom stereocenters. The summed E-state index contributed by atoms with van der Waals surface area (Å²) in [5, 5.41) is 11.4. The van der Waals surface area contributed by atoms with Crippen molar-refractivity contribution in [2.75, 3.05) is 26.7 Å². The maximum atomic E-state index is 12.2. The number of amides is 3. The van der Waals surface area contributed by atoms with E-state index in [0.717, 1.165) is 5.57 Å². The summed E-state index contributed by atoms with van der Waals surface area (Å²) in [7, 11) is 1.60. The highest BCUT2D eigenvalue weighted by Crippen LogP contribution is 2.12. The molecule has 19 heavy (non-hydrogen) atoms. The van der Waals surface area contributed by atoms with Crippen LogP contribution in [0.25, 0.3) is 0 Å². The second kappa shape index (κ2) is 6.21. The first-order chi connectivity index (χ1) is 8.82. The first-order valence-electron chi connectivity index (χ1n) is 5.98. The summed E-state index contributed by atoms with van der Waals surface area (Å²) in [6.07, 6.45) is -0.390. The topological polar surface area (TPSA) is 90.0 Å². The molecule has 7 nitrogen and oxygen atoms in total. The fourth-order valence-electron chi connectivity index (χ4n) is 2.00. The second-order valence-electron chi connectivity index (χ2n) is 4.69. The lowest BCUT2D eigenvalue weighted by molar-refractivity contribution is -0.142. The summed E-state index contributed by atoms with van der Waals surface area (Å²) >= 11 is 0. The minimum absolute atomic E-state index is 0.309. The highest BCUT2D eigenvalue weighted by molar-refractivity contribution is 5.91. The minimum Gasteiger partial charge on any atom is -0.481 e. The van der Waals surface area contributed by atoms with Gasteiger partial charge in [0.15, 0.2) is 0 Å². The van der Waals surface area contributed by atoms with E-state index >= 15 is 0 Å². The number of likely N-dealkylation sites (N-methyl/N-ethyl adjacent to an activating group) is 1. The molecule has 0 saturated carbocycles. The monoisotopic (exact) mass is 269 g/mol. The van der Waals surface area contributed by atoms with E-state index in [9.17, 15) is 14.4 Å². The van der Waals surface area contributed by atoms with Crippen LogP contribution in [0.2, 0.25) is 0 Å². The highest BCUT2D eigenvalue weighted by Gasteiger charge is 2.35. The zero-order valence-corrected chi connectivity index (χ0v) is 11.2. The van der Waals surface area contributed by atoms with E-state index in [4.69, 9.17) is 5.11 Å². The number of urea groups is 1. The number of carboxylic acid groups (broad SMARTS) is 1. The number of rotatable bonds is 4. The largest absolute Gasteiger partial charge is 0.481 e. The van der Waals surface area contributed by atoms with Gasteiger partial charge in [0.05, 0.1) is 6.42 Å². The summed E-state index contributed by atoms with van der Waals surface area (Å²) in [6, 6.07) is -1.31. The molecule has 1 aliphatic heterocycles. The fraction of sp³-hybridized carbons (Fsp3) is 0.583. The van der Waals surface area contributed by atoms with Crippen molar-refractivity contribution >= 4 is 17.9 Å². The SMILES string of the molecule is C=C(C)CN(C)C(=O)N1CCNC(=O)C1CC(=O)O. The summed E-state index contributed by atoms with van der Waals surface area (Å²) in [4.78, 5) is 37.4. The third-order valence-electron chi connectivity index (χ3n) is 2.78. The van der Waals surface area contributed by atoms with Crippen molar-refractivity contribution in [2.24, 2.45) is 0 Å². The van der Waals surface area contributed by atoms with Gasteiger partial charge in [0, 0.05) is 26.7 Å². The maximum absolute atomic E-state index is 12.2. The summed E-state index contributed by atoms with van der Waals surface area (Å²) in [5.41, 5.74) is 0.812. The van der Waals surface area contributed by atoms with Gasteiger partial charge in [0.25, 0.3) is 0 Å². The average Bonchev–Trinajstić information content (AvgIpc) is 2.29. The van der Waals surface area contributed by atoms with E-state index in [-0.39, 0.29) is 6.03 Å². The Morgan fingerprint density at radius 2 is 2.21 bits per heavy atom. The van der Waals surface area contributed by atoms with E-state index in [1.807, 2.05) is 0 Å². The van der Waals surface area contributed by atoms with Crippen LogP contribution in [0, 0.1) is 0 Å². The van der Waals surface area contributed by atoms with Crippen LogP contribution < -0.4 is 5.32 Å². The summed E-state index contributed by atoms with van der Waals surface area (Å²) < 4.78 is 0. The highest BCUT2D eigenvalue weighted by atomic mass is 16.4. The molecule has 2 N–H and O–H groups in total. The second-order valence-corrected chi connectivity index (χ2v) is 4.69. The Hall–Kier alpha value is -2.05. The van der Waals surface area contributed by atoms with Crippen LogP contribution in [0.3, 0.4) is 0 Å². The number of piperazine rings is 1. The van der Waals surface area contributed by atoms with E-state index in [1.54, 1.807) is 14.0 Å². The molecule has 1 saturated heterocycles. The number of hydrogen-bond donors (Lipinski definition) is 2. The number of carbonyl (C=O) groups is 3. The molecular weight excluding hydrogens is 250 g/mol. The molecule has 0 bridgehead atoms. The van der Waals surface area contributed by atoms with Crippen LogP contribution in [0.4, 0.5) is 4.79 Å². The van der Waals surface area contributed by atoms with Gasteiger partial charge >= 0.3 is 12.0 Å². The standard InChI is InChI=1S/C12H19N3O4/c1-8(2)7-14(3)12(19)15-5-4-13-11(18)9(15)6-10(16)17/h9H,1,4-7H2,2-3H3,(H,13,18)(H,16,17). The molecule has 7 heteroatoms. The smallest absolute Gasteiger partial charge is 0.320 e. The van der Waals surface area contributed by atoms with Gasteiger partial charge in [-0.15, -0.1) is 0 Å². The van der Waals surface area contributed by atoms with Gasteiger partial charge in [-0.2, -0.15) is 0 Å². The number of carboxylic acids is 1. The van der Waals surface area contributed by atoms with Gasteiger partial charge in [-0.3, -0.25) is 9.59 Å². The molecule has 1 heterocycles. The Bertz CT molecular complexity index is 408. The van der Waals surface area contributed by atoms with E-state index < -0.39 is 24.3 Å². The van der Waals surface area contributed by atoms with Crippen molar-refractivity contribution in [1.82, 2.24) is 15.1 Å². The molecule has 1 rings (SSSR count). The van der Waals surface area contributed by atoms with Crippen molar-refractivity contribution in [1.29, 1.82) is 0 Å². The molecule has 0 radical (unpaired) electrons. The third kappa shape index (κ3) is 3.97. The van der Waals surface area contributed by atoms with E-state index in [2.05, 4.69) is 11.9 Å². The van der Waals surface area contributed by atoms with Crippen LogP contribution in [-0.2, 0) is 9.59 Å². The molecule has 1 aliphatic rings. The lowest BCUT2D eigenvalue weighted by Gasteiger charge is -2.36. The molecule has 0 spiro atoms. The minimum atomic E-state index is -1.11. The van der Waals surface area contributed by atoms with Crippen LogP contribution >= 0.6 is 0 Å². The van der Waals surface area contributed by atoms with Gasteiger partial charge in [0.2, 0.25) is 5.91 Å². The summed E-state index contributed by atoms with van der Waals surface area (Å²) in [5.74, 6) is -1.53. The van der Waals surface area contributed by atoms with Gasteiger partial charge in [-0.05, 0) is 6.92 Å². The lowest BCUT2D eigenvalue weighted by Crippen LogP contribution is -2.60. The number of hydrogen-bond acceptors (Lipinski definition) is 3. The molecule has 0 aliphatic carbocycles. The Morgan fingerprint density at radius 3 is 2.74 bits per heavy atom. The molecule has 1 fully saturated rings. The molecule has 0 aromatic rings. The van der Waals surface area contributed by atoms with Gasteiger partial charge in [-0.25, -0.2) is 4.79 Å². The van der Waals surface area contributed by atoms with Crippen molar-refractivity contribution < 1.29 is 19.5 Å². The molecule has 0 aromatic carbocycles. The number of carbonyl (C=O) groups excluding carboxylic acids is 2. The van der Waals surface area contributed by atoms with Crippen molar-refractivity contribution in [3.05, 3.63) is 12.2 Å². The van der Waals surface area contributed by atoms with Gasteiger partial charge in [0.1, 0.15) is 6.04 Å². The van der Waals surface area contributed by atoms with Gasteiger partial charge in [-0.1, -0.05) is 12.2 Å². The summed E-state index contributed by atoms with van der Waals surface area (Å²) in [6.45, 7) is 6.53. The zero-order valence-electron chi connectivity index (χ0n) is 11.2. The van der Waals surface area contributed by atoms with Crippen molar-refractivity contribution in [3.63, 3.8) is 0 Å². The predicted molar refractivity (Wildman–Crippen MR) is 68.6 cm³/mol. The van der Waals surface area contributed by atoms with E-state index in [0.29, 0.717) is 19.6 Å². The van der Waals surface area contributed by atoms with Crippen molar-refractivity contribution in [3.8, 4) is 0 Å². The third-order valence-corrected chi connectivity index (χ3v) is 2.78. The van der Waals surface area contributed by atoms with Crippen LogP contribution in [0.5, 0.6) is 0 Å². The molecule has 0 aromatic heterocycles. The average molecular weight is 269 g/mol. The number of aliphatic carboxylic acids is 1. The molecule has 106 valence electrons. The van der Waals surface area contributed by atoms with E-state index in [1.165, 1.54) is 9.80 Å². The quantitative estimate of drug-likeness (QED) is 0.697.